The van der Waals surface area contributed by atoms with Crippen LogP contribution in [0.4, 0.5) is 51.2 Å². The Bertz CT molecular complexity index is 5570. The van der Waals surface area contributed by atoms with Crippen molar-refractivity contribution >= 4 is 604 Å². The number of hydrogen-bond acceptors (Lipinski definition) is 4. The molecule has 792 valence electrons. The van der Waals surface area contributed by atoms with Crippen LogP contribution in [0.15, 0.2) is 231 Å². The first kappa shape index (κ1) is 140. The number of halogens is 41. The minimum absolute atomic E-state index is 0.0307. The van der Waals surface area contributed by atoms with Crippen LogP contribution in [0.5, 0.6) is 0 Å². The van der Waals surface area contributed by atoms with Gasteiger partial charge in [-0.1, -0.05) is 256 Å². The molecule has 2 saturated carbocycles. The summed E-state index contributed by atoms with van der Waals surface area (Å²) in [6, 6.07) is 85.3. The zero-order chi connectivity index (χ0) is 103. The van der Waals surface area contributed by atoms with Gasteiger partial charge in [0, 0.05) is 67.0 Å². The SMILES string of the molecule is CC(C)(C)c1cccc(Nc2cccc(C(C)(C)C)c2)c1.Cc1cc(Cl)cc(N2c3ccc(-c4ccccc4)cc3C3(C)CCCCC23C)c1.Cc1cc(N(c2cccc(C(C)(C)C)c2)c2cccc(C(C)(C)C)c2)cc(N2c3ccc(-c4ccccc4)cc3C3(C)CCCCC23C)c1.II(I)I(I)I(I)I(I)I(I)I(I)I(I)I(I)I(I)I(I)I(I)I(I)I(I)I(I)I(I)I(I)I(I)I(I)I(I)I. The van der Waals surface area contributed by atoms with Crippen molar-refractivity contribution in [2.45, 2.75) is 220 Å². The number of benzene rings is 10. The number of fused-ring (bicyclic) bond motifs is 6. The molecule has 2 heterocycles. The topological polar surface area (TPSA) is 21.8 Å². The maximum atomic E-state index is 6.49. The molecule has 0 radical (unpaired) electrons. The first-order valence-electron chi connectivity index (χ1n) is 42.2. The van der Waals surface area contributed by atoms with E-state index < -0.39 is 150 Å². The van der Waals surface area contributed by atoms with Crippen LogP contribution in [0, 0.1) is 13.8 Å². The monoisotopic (exact) mass is 6410 g/mol. The summed E-state index contributed by atoms with van der Waals surface area (Å²) in [5, 5.41) is 4.34. The fourth-order valence-corrected chi connectivity index (χ4v) is 7140. The zero-order valence-corrected chi connectivity index (χ0v) is 165. The summed E-state index contributed by atoms with van der Waals surface area (Å²) in [5.41, 5.74) is 27.7. The molecule has 2 fully saturated rings. The van der Waals surface area contributed by atoms with E-state index in [0.29, 0.717) is 0 Å². The molecule has 10 aromatic rings. The third kappa shape index (κ3) is 37.5. The molecule has 4 aliphatic rings. The summed E-state index contributed by atoms with van der Waals surface area (Å²) < 4.78 is 0. The van der Waals surface area contributed by atoms with Gasteiger partial charge in [0.2, 0.25) is 0 Å². The van der Waals surface area contributed by atoms with Gasteiger partial charge in [-0.2, -0.15) is 0 Å². The van der Waals surface area contributed by atoms with Gasteiger partial charge in [0.25, 0.3) is 0 Å². The van der Waals surface area contributed by atoms with Gasteiger partial charge in [0.1, 0.15) is 0 Å². The molecule has 2 aliphatic heterocycles. The molecule has 0 amide bonds. The fraction of sp³-hybridized carbons (Fsp3) is 0.362. The molecule has 4 unspecified atom stereocenters. The van der Waals surface area contributed by atoms with E-state index in [1.807, 2.05) is 6.07 Å². The van der Waals surface area contributed by atoms with Crippen LogP contribution in [0.1, 0.15) is 207 Å². The van der Waals surface area contributed by atoms with Gasteiger partial charge in [-0.05, 0) is 251 Å². The van der Waals surface area contributed by atoms with Crippen molar-refractivity contribution in [3.63, 3.8) is 0 Å². The number of rotatable bonds is 27. The van der Waals surface area contributed by atoms with E-state index in [-0.39, 0.29) is 43.6 Å². The van der Waals surface area contributed by atoms with Crippen LogP contribution in [0.2, 0.25) is 5.02 Å². The molecule has 4 nitrogen and oxygen atoms in total. The molecule has 1 N–H and O–H groups in total. The molecule has 0 aromatic heterocycles. The average Bonchev–Trinajstić information content (AvgIpc) is 1.54. The molecule has 10 aromatic carbocycles. The second kappa shape index (κ2) is 64.5. The molecular weight excluding hydrogens is 6300 g/mol. The number of hydrogen-bond donors (Lipinski definition) is 1. The van der Waals surface area contributed by atoms with Crippen molar-refractivity contribution in [3.8, 4) is 22.3 Å². The first-order valence-corrected chi connectivity index (χ1v) is 288. The van der Waals surface area contributed by atoms with E-state index in [2.05, 4.69) is 760 Å². The molecule has 0 spiro atoms. The molecule has 0 saturated heterocycles. The minimum atomic E-state index is -0.541. The number of anilines is 9. The molecular formula is C94H109ClI40N4. The average molecular weight is 6410 g/mol. The Morgan fingerprint density at radius 3 is 0.878 bits per heavy atom. The standard InChI is InChI=1S/C47H54N2.C27H28ClN.C20H27N.I40/c1-33-27-40(48(38-21-15-19-36(30-38)44(2,3)4)39-22-16-20-37(31-39)45(5,6)7)32-41(28-33)49-43-24-23-35(34-17-11-10-12-18-34)29-42(43)46(8)25-13-14-26-47(46,49)9;1-19-15-22(28)18-23(16-19)29-25-12-11-21(20-9-5-4-6-10-20)17-24(25)26(2)13-7-8-14-27(26,29)3;1-19(2,3)15-9-7-11-17(13-15)21-18-12-8-10-16(14-18)20(4,5)6;1-22(2)24(5)26(7)28(9)30(11)32(13)34(15)36(17)38(19)40(21)39(20)37(18)35(16)33(14)31(12)29(10)27(8)25(6)23(3)4/h10-12,15-24,27-32H,13-14,25-26H2,1-9H3;4-6,9-12,15-18H,7-8,13-14H2,1-3H3;7-14,21H,1-6H3;. The zero-order valence-electron chi connectivity index (χ0n) is 77.9. The Hall–Kier alpha value is 20.9. The van der Waals surface area contributed by atoms with Crippen molar-refractivity contribution in [1.29, 1.82) is 0 Å². The van der Waals surface area contributed by atoms with Crippen LogP contribution in [0.3, 0.4) is 0 Å². The van der Waals surface area contributed by atoms with E-state index in [1.54, 1.807) is 0 Å². The molecule has 45 heteroatoms. The summed E-state index contributed by atoms with van der Waals surface area (Å²) in [6.07, 6.45) is 9.91. The fourth-order valence-electron chi connectivity index (χ4n) is 17.2. The van der Waals surface area contributed by atoms with Gasteiger partial charge in [-0.15, -0.1) is 0 Å². The van der Waals surface area contributed by atoms with Crippen LogP contribution in [-0.4, -0.2) is 11.1 Å². The summed E-state index contributed by atoms with van der Waals surface area (Å²) in [6.45, 7) is 41.7. The third-order valence-corrected chi connectivity index (χ3v) is 3000. The van der Waals surface area contributed by atoms with E-state index in [4.69, 9.17) is 11.6 Å². The quantitative estimate of drug-likeness (QED) is 0.0518. The summed E-state index contributed by atoms with van der Waals surface area (Å²) >= 11 is 74.0. The molecule has 14 rings (SSSR count). The maximum absolute atomic E-state index is 6.49. The van der Waals surface area contributed by atoms with Crippen molar-refractivity contribution in [2.24, 2.45) is 0 Å². The summed E-state index contributed by atoms with van der Waals surface area (Å²) in [5.74, 6) is 0. The van der Waals surface area contributed by atoms with Gasteiger partial charge < -0.3 is 20.0 Å². The van der Waals surface area contributed by atoms with E-state index in [1.165, 1.54) is 158 Å². The van der Waals surface area contributed by atoms with Crippen LogP contribution in [0.25, 0.3) is 22.3 Å². The van der Waals surface area contributed by atoms with Crippen molar-refractivity contribution < 1.29 is 0 Å². The predicted molar refractivity (Wildman–Crippen MR) is 990 cm³/mol. The summed E-state index contributed by atoms with van der Waals surface area (Å²) in [7, 11) is -9.59. The van der Waals surface area contributed by atoms with E-state index in [0.717, 1.165) is 16.4 Å². The molecule has 139 heavy (non-hydrogen) atoms. The Morgan fingerprint density at radius 2 is 0.568 bits per heavy atom. The molecule has 4 atom stereocenters. The van der Waals surface area contributed by atoms with Gasteiger partial charge in [-0.3, -0.25) is 0 Å². The van der Waals surface area contributed by atoms with Crippen molar-refractivity contribution in [2.75, 3.05) is 20.0 Å². The van der Waals surface area contributed by atoms with Crippen LogP contribution >= 0.6 is 553 Å². The third-order valence-electron chi connectivity index (χ3n) is 24.4. The molecule has 2 aliphatic carbocycles. The second-order valence-corrected chi connectivity index (χ2v) is 964. The Morgan fingerprint density at radius 1 is 0.281 bits per heavy atom. The van der Waals surface area contributed by atoms with Gasteiger partial charge in [0.05, 0.1) is 11.1 Å². The number of aryl methyl sites for hydroxylation is 2. The van der Waals surface area contributed by atoms with Crippen LogP contribution < -0.4 is 20.0 Å². The predicted octanol–water partition coefficient (Wildman–Crippen LogP) is 63.0. The first-order chi connectivity index (χ1) is 64.9. The van der Waals surface area contributed by atoms with Crippen molar-refractivity contribution in [1.82, 2.24) is 0 Å². The normalized spacial score (nSPS) is 19.8. The Balaban J connectivity index is 0.000000185. The van der Waals surface area contributed by atoms with E-state index in [9.17, 15) is 0 Å². The van der Waals surface area contributed by atoms with Crippen molar-refractivity contribution in [3.05, 3.63) is 280 Å². The Kier molecular flexibility index (Phi) is 64.9. The Labute approximate surface area is 1110 Å². The second-order valence-electron chi connectivity index (χ2n) is 37.3. The number of nitrogens with one attached hydrogen (secondary N) is 1. The number of nitrogens with zero attached hydrogens (tertiary/aromatic N) is 3. The van der Waals surface area contributed by atoms with Gasteiger partial charge >= 0.3 is 541 Å². The molecule has 0 bridgehead atoms. The summed E-state index contributed by atoms with van der Waals surface area (Å²) in [4.78, 5) is 7.80. The van der Waals surface area contributed by atoms with Gasteiger partial charge in [0.15, 0.2) is 0 Å². The van der Waals surface area contributed by atoms with Gasteiger partial charge in [-0.25, -0.2) is 0 Å². The van der Waals surface area contributed by atoms with Crippen LogP contribution in [-0.2, 0) is 32.5 Å². The van der Waals surface area contributed by atoms with E-state index >= 15 is 0 Å².